The predicted octanol–water partition coefficient (Wildman–Crippen LogP) is 4.27. The molecule has 22 heavy (non-hydrogen) atoms. The van der Waals surface area contributed by atoms with Crippen LogP contribution in [0.3, 0.4) is 0 Å². The van der Waals surface area contributed by atoms with Crippen LogP contribution in [-0.2, 0) is 0 Å². The molecule has 3 aromatic heterocycles. The number of hydrogen-bond acceptors (Lipinski definition) is 5. The fourth-order valence-corrected chi connectivity index (χ4v) is 2.98. The van der Waals surface area contributed by atoms with Gasteiger partial charge in [0.25, 0.3) is 0 Å². The smallest absolute Gasteiger partial charge is 0.235 e. The molecule has 3 heterocycles. The standard InChI is InChI=1S/C15H9ClN4OS/c16-11-4-1-3-10(9-11)6-7-13-19-20-14(12-5-2-8-21-12)17-18-15(20)22-13/h1-9H. The first-order chi connectivity index (χ1) is 10.8. The first-order valence-electron chi connectivity index (χ1n) is 6.49. The molecule has 5 nitrogen and oxygen atoms in total. The van der Waals surface area contributed by atoms with Gasteiger partial charge in [0.1, 0.15) is 5.01 Å². The highest BCUT2D eigenvalue weighted by Crippen LogP contribution is 2.23. The quantitative estimate of drug-likeness (QED) is 0.563. The van der Waals surface area contributed by atoms with Crippen LogP contribution in [0.1, 0.15) is 10.6 Å². The lowest BCUT2D eigenvalue weighted by atomic mass is 10.2. The van der Waals surface area contributed by atoms with Gasteiger partial charge in [-0.15, -0.1) is 10.2 Å². The van der Waals surface area contributed by atoms with Crippen molar-refractivity contribution in [3.05, 3.63) is 58.3 Å². The van der Waals surface area contributed by atoms with E-state index in [1.165, 1.54) is 11.3 Å². The van der Waals surface area contributed by atoms with Crippen LogP contribution in [-0.4, -0.2) is 19.8 Å². The van der Waals surface area contributed by atoms with E-state index in [0.717, 1.165) is 15.5 Å². The molecule has 0 N–H and O–H groups in total. The second-order valence-electron chi connectivity index (χ2n) is 4.52. The first kappa shape index (κ1) is 13.2. The molecule has 4 rings (SSSR count). The molecule has 0 radical (unpaired) electrons. The molecule has 0 aliphatic heterocycles. The van der Waals surface area contributed by atoms with Crippen LogP contribution in [0.4, 0.5) is 0 Å². The molecule has 4 aromatic rings. The van der Waals surface area contributed by atoms with E-state index in [2.05, 4.69) is 15.3 Å². The van der Waals surface area contributed by atoms with Crippen molar-refractivity contribution in [1.29, 1.82) is 0 Å². The van der Waals surface area contributed by atoms with E-state index >= 15 is 0 Å². The Balaban J connectivity index is 1.69. The van der Waals surface area contributed by atoms with Crippen molar-refractivity contribution < 1.29 is 4.42 Å². The number of hydrogen-bond donors (Lipinski definition) is 0. The van der Waals surface area contributed by atoms with Gasteiger partial charge in [-0.1, -0.05) is 41.1 Å². The molecule has 7 heteroatoms. The Kier molecular flexibility index (Phi) is 3.25. The Labute approximate surface area is 134 Å². The molecule has 0 aliphatic rings. The second kappa shape index (κ2) is 5.40. The van der Waals surface area contributed by atoms with Crippen LogP contribution in [0.2, 0.25) is 5.02 Å². The van der Waals surface area contributed by atoms with Crippen LogP contribution in [0, 0.1) is 0 Å². The zero-order valence-electron chi connectivity index (χ0n) is 11.2. The highest BCUT2D eigenvalue weighted by atomic mass is 35.5. The van der Waals surface area contributed by atoms with Gasteiger partial charge < -0.3 is 4.42 Å². The van der Waals surface area contributed by atoms with Gasteiger partial charge in [0.15, 0.2) is 5.76 Å². The molecule has 0 saturated heterocycles. The Morgan fingerprint density at radius 3 is 2.91 bits per heavy atom. The first-order valence-corrected chi connectivity index (χ1v) is 7.69. The van der Waals surface area contributed by atoms with Crippen LogP contribution >= 0.6 is 22.9 Å². The monoisotopic (exact) mass is 328 g/mol. The summed E-state index contributed by atoms with van der Waals surface area (Å²) in [6.07, 6.45) is 5.49. The summed E-state index contributed by atoms with van der Waals surface area (Å²) in [5.41, 5.74) is 1.02. The minimum Gasteiger partial charge on any atom is -0.461 e. The summed E-state index contributed by atoms with van der Waals surface area (Å²) in [6, 6.07) is 11.3. The maximum atomic E-state index is 5.97. The number of nitrogens with zero attached hydrogens (tertiary/aromatic N) is 4. The van der Waals surface area contributed by atoms with Crippen LogP contribution < -0.4 is 0 Å². The highest BCUT2D eigenvalue weighted by Gasteiger charge is 2.14. The maximum Gasteiger partial charge on any atom is 0.235 e. The van der Waals surface area contributed by atoms with Crippen molar-refractivity contribution in [3.8, 4) is 11.6 Å². The third-order valence-corrected chi connectivity index (χ3v) is 4.11. The molecular weight excluding hydrogens is 320 g/mol. The van der Waals surface area contributed by atoms with Crippen LogP contribution in [0.25, 0.3) is 28.7 Å². The van der Waals surface area contributed by atoms with Crippen molar-refractivity contribution in [2.45, 2.75) is 0 Å². The molecule has 0 spiro atoms. The average Bonchev–Trinajstić information content (AvgIpc) is 3.21. The van der Waals surface area contributed by atoms with E-state index in [0.29, 0.717) is 16.6 Å². The molecule has 0 aliphatic carbocycles. The molecule has 0 amide bonds. The lowest BCUT2D eigenvalue weighted by Gasteiger charge is -1.93. The lowest BCUT2D eigenvalue weighted by Crippen LogP contribution is -1.89. The lowest BCUT2D eigenvalue weighted by molar-refractivity contribution is 0.575. The van der Waals surface area contributed by atoms with E-state index in [1.807, 2.05) is 48.6 Å². The predicted molar refractivity (Wildman–Crippen MR) is 86.7 cm³/mol. The molecule has 1 aromatic carbocycles. The summed E-state index contributed by atoms with van der Waals surface area (Å²) < 4.78 is 7.03. The van der Waals surface area contributed by atoms with Gasteiger partial charge in [-0.2, -0.15) is 9.61 Å². The van der Waals surface area contributed by atoms with E-state index in [-0.39, 0.29) is 0 Å². The minimum atomic E-state index is 0.596. The third-order valence-electron chi connectivity index (χ3n) is 3.02. The normalized spacial score (nSPS) is 11.7. The highest BCUT2D eigenvalue weighted by molar-refractivity contribution is 7.17. The molecule has 0 saturated carbocycles. The van der Waals surface area contributed by atoms with Gasteiger partial charge in [-0.05, 0) is 35.9 Å². The zero-order valence-corrected chi connectivity index (χ0v) is 12.8. The fraction of sp³-hybridized carbons (Fsp3) is 0. The Morgan fingerprint density at radius 2 is 2.09 bits per heavy atom. The molecule has 0 bridgehead atoms. The van der Waals surface area contributed by atoms with E-state index in [1.54, 1.807) is 10.8 Å². The van der Waals surface area contributed by atoms with Crippen molar-refractivity contribution in [1.82, 2.24) is 19.8 Å². The Hall–Kier alpha value is -2.44. The summed E-state index contributed by atoms with van der Waals surface area (Å²) in [4.78, 5) is 0.720. The summed E-state index contributed by atoms with van der Waals surface area (Å²) in [5.74, 6) is 1.24. The van der Waals surface area contributed by atoms with Crippen molar-refractivity contribution in [3.63, 3.8) is 0 Å². The molecule has 0 atom stereocenters. The third kappa shape index (κ3) is 2.43. The molecule has 108 valence electrons. The summed E-state index contributed by atoms with van der Waals surface area (Å²) in [6.45, 7) is 0. The minimum absolute atomic E-state index is 0.596. The van der Waals surface area contributed by atoms with Crippen LogP contribution in [0.15, 0.2) is 47.1 Å². The van der Waals surface area contributed by atoms with Crippen molar-refractivity contribution in [2.24, 2.45) is 0 Å². The summed E-state index contributed by atoms with van der Waals surface area (Å²) in [7, 11) is 0. The van der Waals surface area contributed by atoms with Crippen molar-refractivity contribution >= 4 is 40.1 Å². The van der Waals surface area contributed by atoms with E-state index < -0.39 is 0 Å². The average molecular weight is 329 g/mol. The number of halogens is 1. The summed E-state index contributed by atoms with van der Waals surface area (Å²) >= 11 is 7.43. The number of furan rings is 1. The number of rotatable bonds is 3. The van der Waals surface area contributed by atoms with E-state index in [4.69, 9.17) is 16.0 Å². The van der Waals surface area contributed by atoms with Crippen LogP contribution in [0.5, 0.6) is 0 Å². The second-order valence-corrected chi connectivity index (χ2v) is 5.95. The van der Waals surface area contributed by atoms with Gasteiger partial charge >= 0.3 is 0 Å². The molecular formula is C15H9ClN4OS. The topological polar surface area (TPSA) is 56.2 Å². The van der Waals surface area contributed by atoms with Gasteiger partial charge in [0.05, 0.1) is 6.26 Å². The fourth-order valence-electron chi connectivity index (χ4n) is 2.04. The molecule has 0 fully saturated rings. The van der Waals surface area contributed by atoms with Gasteiger partial charge in [0.2, 0.25) is 10.8 Å². The molecule has 0 unspecified atom stereocenters. The Bertz CT molecular complexity index is 955. The van der Waals surface area contributed by atoms with Crippen molar-refractivity contribution in [2.75, 3.05) is 0 Å². The largest absolute Gasteiger partial charge is 0.461 e. The number of benzene rings is 1. The summed E-state index contributed by atoms with van der Waals surface area (Å²) in [5, 5.41) is 14.2. The maximum absolute atomic E-state index is 5.97. The number of fused-ring (bicyclic) bond motifs is 1. The van der Waals surface area contributed by atoms with E-state index in [9.17, 15) is 0 Å². The zero-order chi connectivity index (χ0) is 14.9. The van der Waals surface area contributed by atoms with Gasteiger partial charge in [-0.3, -0.25) is 0 Å². The Morgan fingerprint density at radius 1 is 1.14 bits per heavy atom. The SMILES string of the molecule is Clc1cccc(C=Cc2nn3c(-c4ccco4)nnc3s2)c1. The number of aromatic nitrogens is 4. The van der Waals surface area contributed by atoms with Gasteiger partial charge in [-0.25, -0.2) is 0 Å². The van der Waals surface area contributed by atoms with Gasteiger partial charge in [0, 0.05) is 5.02 Å².